The fraction of sp³-hybridized carbons (Fsp3) is 0. The van der Waals surface area contributed by atoms with E-state index in [9.17, 15) is 5.11 Å². The zero-order chi connectivity index (χ0) is 9.42. The number of hydrogen-bond acceptors (Lipinski definition) is 1. The van der Waals surface area contributed by atoms with Crippen LogP contribution in [0.3, 0.4) is 0 Å². The zero-order valence-electron chi connectivity index (χ0n) is 6.59. The molecule has 0 aromatic heterocycles. The first-order valence-corrected chi connectivity index (χ1v) is 4.93. The standard InChI is InChI=1S/C10H6BrClO/c11-9-7-4-2-1-3-6(7)5-8(13)10(9)12/h1-5,13H. The molecule has 1 N–H and O–H groups in total. The molecule has 0 saturated heterocycles. The maximum absolute atomic E-state index is 9.44. The van der Waals surface area contributed by atoms with Crippen LogP contribution in [0.5, 0.6) is 5.75 Å². The maximum atomic E-state index is 9.44. The summed E-state index contributed by atoms with van der Waals surface area (Å²) in [4.78, 5) is 0. The third-order valence-corrected chi connectivity index (χ3v) is 3.34. The number of phenolic OH excluding ortho intramolecular Hbond substituents is 1. The van der Waals surface area contributed by atoms with Gasteiger partial charge in [-0.05, 0) is 32.8 Å². The second-order valence-electron chi connectivity index (χ2n) is 2.74. The van der Waals surface area contributed by atoms with Crippen molar-refractivity contribution in [3.63, 3.8) is 0 Å². The predicted octanol–water partition coefficient (Wildman–Crippen LogP) is 3.96. The average molecular weight is 258 g/mol. The van der Waals surface area contributed by atoms with E-state index in [2.05, 4.69) is 15.9 Å². The third-order valence-electron chi connectivity index (χ3n) is 1.91. The fourth-order valence-electron chi connectivity index (χ4n) is 1.26. The van der Waals surface area contributed by atoms with Gasteiger partial charge < -0.3 is 5.11 Å². The van der Waals surface area contributed by atoms with Crippen molar-refractivity contribution in [2.75, 3.05) is 0 Å². The van der Waals surface area contributed by atoms with Crippen molar-refractivity contribution in [3.05, 3.63) is 39.8 Å². The Kier molecular flexibility index (Phi) is 2.18. The smallest absolute Gasteiger partial charge is 0.135 e. The van der Waals surface area contributed by atoms with E-state index in [1.165, 1.54) is 0 Å². The van der Waals surface area contributed by atoms with Crippen LogP contribution in [0.2, 0.25) is 5.02 Å². The van der Waals surface area contributed by atoms with Crippen LogP contribution in [0.4, 0.5) is 0 Å². The molecule has 0 atom stereocenters. The number of benzene rings is 2. The molecule has 66 valence electrons. The molecule has 2 aromatic rings. The molecule has 2 aromatic carbocycles. The van der Waals surface area contributed by atoms with Gasteiger partial charge in [0.15, 0.2) is 0 Å². The molecule has 0 radical (unpaired) electrons. The number of rotatable bonds is 0. The Labute approximate surface area is 89.1 Å². The molecule has 0 bridgehead atoms. The van der Waals surface area contributed by atoms with Gasteiger partial charge in [0.05, 0.1) is 5.02 Å². The van der Waals surface area contributed by atoms with Gasteiger partial charge in [-0.25, -0.2) is 0 Å². The van der Waals surface area contributed by atoms with Crippen LogP contribution >= 0.6 is 27.5 Å². The SMILES string of the molecule is Oc1cc2ccccc2c(Br)c1Cl. The van der Waals surface area contributed by atoms with Gasteiger partial charge in [0.2, 0.25) is 0 Å². The van der Waals surface area contributed by atoms with Crippen molar-refractivity contribution in [2.24, 2.45) is 0 Å². The Bertz CT molecular complexity index is 468. The summed E-state index contributed by atoms with van der Waals surface area (Å²) < 4.78 is 0.741. The number of phenols is 1. The van der Waals surface area contributed by atoms with Gasteiger partial charge in [-0.1, -0.05) is 35.9 Å². The van der Waals surface area contributed by atoms with Gasteiger partial charge in [-0.3, -0.25) is 0 Å². The lowest BCUT2D eigenvalue weighted by atomic mass is 10.1. The van der Waals surface area contributed by atoms with Gasteiger partial charge in [0.1, 0.15) is 5.75 Å². The van der Waals surface area contributed by atoms with E-state index < -0.39 is 0 Å². The number of halogens is 2. The Morgan fingerprint density at radius 1 is 1.23 bits per heavy atom. The molecule has 0 spiro atoms. The highest BCUT2D eigenvalue weighted by atomic mass is 79.9. The molecule has 0 aliphatic heterocycles. The quantitative estimate of drug-likeness (QED) is 0.757. The molecule has 3 heteroatoms. The summed E-state index contributed by atoms with van der Waals surface area (Å²) in [6, 6.07) is 9.38. The molecular weight excluding hydrogens is 251 g/mol. The van der Waals surface area contributed by atoms with E-state index >= 15 is 0 Å². The maximum Gasteiger partial charge on any atom is 0.135 e. The monoisotopic (exact) mass is 256 g/mol. The predicted molar refractivity (Wildman–Crippen MR) is 58.3 cm³/mol. The third kappa shape index (κ3) is 1.40. The topological polar surface area (TPSA) is 20.2 Å². The summed E-state index contributed by atoms with van der Waals surface area (Å²) in [7, 11) is 0. The van der Waals surface area contributed by atoms with Gasteiger partial charge in [-0.2, -0.15) is 0 Å². The van der Waals surface area contributed by atoms with Crippen molar-refractivity contribution in [2.45, 2.75) is 0 Å². The van der Waals surface area contributed by atoms with E-state index in [4.69, 9.17) is 11.6 Å². The van der Waals surface area contributed by atoms with Crippen molar-refractivity contribution in [1.29, 1.82) is 0 Å². The molecule has 0 unspecified atom stereocenters. The molecule has 0 aliphatic rings. The number of hydrogen-bond donors (Lipinski definition) is 1. The summed E-state index contributed by atoms with van der Waals surface area (Å²) in [5.74, 6) is 0.104. The van der Waals surface area contributed by atoms with E-state index in [0.717, 1.165) is 15.2 Å². The summed E-state index contributed by atoms with van der Waals surface area (Å²) in [5, 5.41) is 11.8. The van der Waals surface area contributed by atoms with Crippen LogP contribution in [-0.4, -0.2) is 5.11 Å². The fourth-order valence-corrected chi connectivity index (χ4v) is 1.98. The minimum Gasteiger partial charge on any atom is -0.506 e. The second-order valence-corrected chi connectivity index (χ2v) is 3.92. The van der Waals surface area contributed by atoms with Gasteiger partial charge in [-0.15, -0.1) is 0 Å². The van der Waals surface area contributed by atoms with Crippen LogP contribution in [0.1, 0.15) is 0 Å². The van der Waals surface area contributed by atoms with Crippen LogP contribution < -0.4 is 0 Å². The van der Waals surface area contributed by atoms with Gasteiger partial charge in [0.25, 0.3) is 0 Å². The minimum atomic E-state index is 0.104. The Balaban J connectivity index is 2.94. The lowest BCUT2D eigenvalue weighted by Gasteiger charge is -2.04. The van der Waals surface area contributed by atoms with Crippen LogP contribution in [0.15, 0.2) is 34.8 Å². The lowest BCUT2D eigenvalue weighted by Crippen LogP contribution is -1.77. The molecule has 0 amide bonds. The van der Waals surface area contributed by atoms with E-state index in [-0.39, 0.29) is 5.75 Å². The van der Waals surface area contributed by atoms with Crippen molar-refractivity contribution < 1.29 is 5.11 Å². The van der Waals surface area contributed by atoms with Crippen molar-refractivity contribution >= 4 is 38.3 Å². The normalized spacial score (nSPS) is 10.6. The Hall–Kier alpha value is -0.730. The highest BCUT2D eigenvalue weighted by molar-refractivity contribution is 9.10. The van der Waals surface area contributed by atoms with Crippen LogP contribution in [0.25, 0.3) is 10.8 Å². The summed E-state index contributed by atoms with van der Waals surface area (Å²) >= 11 is 9.20. The molecule has 13 heavy (non-hydrogen) atoms. The summed E-state index contributed by atoms with van der Waals surface area (Å²) in [6.07, 6.45) is 0. The highest BCUT2D eigenvalue weighted by Gasteiger charge is 2.07. The van der Waals surface area contributed by atoms with Gasteiger partial charge in [0, 0.05) is 4.47 Å². The van der Waals surface area contributed by atoms with Crippen molar-refractivity contribution in [1.82, 2.24) is 0 Å². The number of aromatic hydroxyl groups is 1. The van der Waals surface area contributed by atoms with Crippen LogP contribution in [0, 0.1) is 0 Å². The first kappa shape index (κ1) is 8.85. The molecule has 0 saturated carbocycles. The highest BCUT2D eigenvalue weighted by Crippen LogP contribution is 2.37. The molecule has 0 fully saturated rings. The first-order valence-electron chi connectivity index (χ1n) is 3.76. The largest absolute Gasteiger partial charge is 0.506 e. The lowest BCUT2D eigenvalue weighted by molar-refractivity contribution is 0.476. The van der Waals surface area contributed by atoms with Gasteiger partial charge >= 0.3 is 0 Å². The summed E-state index contributed by atoms with van der Waals surface area (Å²) in [6.45, 7) is 0. The second kappa shape index (κ2) is 3.20. The molecular formula is C10H6BrClO. The average Bonchev–Trinajstić information content (AvgIpc) is 2.15. The zero-order valence-corrected chi connectivity index (χ0v) is 8.93. The molecule has 2 rings (SSSR count). The Morgan fingerprint density at radius 3 is 2.69 bits per heavy atom. The first-order chi connectivity index (χ1) is 6.20. The minimum absolute atomic E-state index is 0.104. The number of fused-ring (bicyclic) bond motifs is 1. The van der Waals surface area contributed by atoms with E-state index in [1.807, 2.05) is 24.3 Å². The van der Waals surface area contributed by atoms with Crippen LogP contribution in [-0.2, 0) is 0 Å². The molecule has 1 nitrogen and oxygen atoms in total. The molecule has 0 heterocycles. The summed E-state index contributed by atoms with van der Waals surface area (Å²) in [5.41, 5.74) is 0. The molecule has 0 aliphatic carbocycles. The Morgan fingerprint density at radius 2 is 1.92 bits per heavy atom. The van der Waals surface area contributed by atoms with E-state index in [0.29, 0.717) is 5.02 Å². The van der Waals surface area contributed by atoms with E-state index in [1.54, 1.807) is 6.07 Å². The van der Waals surface area contributed by atoms with Crippen molar-refractivity contribution in [3.8, 4) is 5.75 Å².